The third-order valence-corrected chi connectivity index (χ3v) is 2.80. The van der Waals surface area contributed by atoms with Gasteiger partial charge in [-0.15, -0.1) is 0 Å². The van der Waals surface area contributed by atoms with Crippen molar-refractivity contribution >= 4 is 5.95 Å². The number of aryl methyl sites for hydroxylation is 2. The zero-order chi connectivity index (χ0) is 11.1. The molecule has 0 spiro atoms. The number of rotatable bonds is 3. The summed E-state index contributed by atoms with van der Waals surface area (Å²) in [7, 11) is 1.93. The minimum absolute atomic E-state index is 0.609. The Morgan fingerprint density at radius 3 is 2.88 bits per heavy atom. The van der Waals surface area contributed by atoms with Crippen molar-refractivity contribution in [2.75, 3.05) is 5.32 Å². The summed E-state index contributed by atoms with van der Waals surface area (Å²) >= 11 is 0. The number of hydrogen-bond acceptors (Lipinski definition) is 3. The molecule has 1 aliphatic carbocycles. The summed E-state index contributed by atoms with van der Waals surface area (Å²) in [5.41, 5.74) is 2.10. The van der Waals surface area contributed by atoms with Gasteiger partial charge in [0.05, 0.1) is 11.4 Å². The molecule has 5 nitrogen and oxygen atoms in total. The van der Waals surface area contributed by atoms with E-state index < -0.39 is 0 Å². The molecule has 0 aromatic carbocycles. The summed E-state index contributed by atoms with van der Waals surface area (Å²) in [5, 5.41) is 7.76. The van der Waals surface area contributed by atoms with Crippen LogP contribution in [0.25, 0.3) is 5.69 Å². The SMILES string of the molecule is Cc1nn(C)cc1-n1ccnc1NC1CC1. The molecule has 1 aliphatic rings. The molecule has 2 heterocycles. The molecule has 0 radical (unpaired) electrons. The van der Waals surface area contributed by atoms with Gasteiger partial charge >= 0.3 is 0 Å². The molecule has 0 saturated heterocycles. The molecule has 2 aromatic rings. The predicted octanol–water partition coefficient (Wildman–Crippen LogP) is 1.49. The van der Waals surface area contributed by atoms with E-state index >= 15 is 0 Å². The zero-order valence-electron chi connectivity index (χ0n) is 9.51. The van der Waals surface area contributed by atoms with Crippen molar-refractivity contribution in [3.8, 4) is 5.69 Å². The van der Waals surface area contributed by atoms with Gasteiger partial charge in [-0.2, -0.15) is 5.10 Å². The molecule has 84 valence electrons. The number of imidazole rings is 1. The number of aromatic nitrogens is 4. The predicted molar refractivity (Wildman–Crippen MR) is 61.7 cm³/mol. The van der Waals surface area contributed by atoms with Gasteiger partial charge in [-0.25, -0.2) is 4.98 Å². The number of nitrogens with one attached hydrogen (secondary N) is 1. The Labute approximate surface area is 94.1 Å². The molecule has 2 aromatic heterocycles. The van der Waals surface area contributed by atoms with Crippen molar-refractivity contribution in [1.29, 1.82) is 0 Å². The van der Waals surface area contributed by atoms with Crippen LogP contribution < -0.4 is 5.32 Å². The van der Waals surface area contributed by atoms with E-state index in [-0.39, 0.29) is 0 Å². The lowest BCUT2D eigenvalue weighted by atomic mass is 10.4. The second-order valence-corrected chi connectivity index (χ2v) is 4.31. The van der Waals surface area contributed by atoms with Crippen LogP contribution >= 0.6 is 0 Å². The average Bonchev–Trinajstić information content (AvgIpc) is 2.82. The highest BCUT2D eigenvalue weighted by atomic mass is 15.3. The van der Waals surface area contributed by atoms with Crippen LogP contribution in [0.3, 0.4) is 0 Å². The minimum atomic E-state index is 0.609. The van der Waals surface area contributed by atoms with Crippen LogP contribution in [0.4, 0.5) is 5.95 Å². The van der Waals surface area contributed by atoms with Crippen LogP contribution in [0.5, 0.6) is 0 Å². The summed E-state index contributed by atoms with van der Waals surface area (Å²) in [6.45, 7) is 2.01. The maximum Gasteiger partial charge on any atom is 0.207 e. The van der Waals surface area contributed by atoms with E-state index in [2.05, 4.69) is 20.0 Å². The lowest BCUT2D eigenvalue weighted by molar-refractivity contribution is 0.756. The van der Waals surface area contributed by atoms with E-state index in [1.807, 2.05) is 37.2 Å². The highest BCUT2D eigenvalue weighted by Crippen LogP contribution is 2.25. The van der Waals surface area contributed by atoms with Crippen LogP contribution in [-0.4, -0.2) is 25.4 Å². The van der Waals surface area contributed by atoms with Crippen molar-refractivity contribution in [3.63, 3.8) is 0 Å². The van der Waals surface area contributed by atoms with E-state index in [1.54, 1.807) is 0 Å². The van der Waals surface area contributed by atoms with Crippen LogP contribution in [0, 0.1) is 6.92 Å². The van der Waals surface area contributed by atoms with Crippen molar-refractivity contribution in [2.45, 2.75) is 25.8 Å². The molecule has 16 heavy (non-hydrogen) atoms. The monoisotopic (exact) mass is 217 g/mol. The lowest BCUT2D eigenvalue weighted by Gasteiger charge is -2.07. The highest BCUT2D eigenvalue weighted by Gasteiger charge is 2.23. The van der Waals surface area contributed by atoms with Crippen LogP contribution in [-0.2, 0) is 7.05 Å². The van der Waals surface area contributed by atoms with E-state index in [0.29, 0.717) is 6.04 Å². The van der Waals surface area contributed by atoms with E-state index in [1.165, 1.54) is 12.8 Å². The largest absolute Gasteiger partial charge is 0.353 e. The van der Waals surface area contributed by atoms with E-state index in [4.69, 9.17) is 0 Å². The van der Waals surface area contributed by atoms with Gasteiger partial charge < -0.3 is 5.32 Å². The first-order valence-electron chi connectivity index (χ1n) is 5.54. The molecule has 0 aliphatic heterocycles. The summed E-state index contributed by atoms with van der Waals surface area (Å²) < 4.78 is 3.88. The molecule has 0 amide bonds. The number of anilines is 1. The Hall–Kier alpha value is -1.78. The maximum atomic E-state index is 4.34. The Kier molecular flexibility index (Phi) is 1.99. The van der Waals surface area contributed by atoms with Crippen molar-refractivity contribution in [3.05, 3.63) is 24.3 Å². The first-order valence-corrected chi connectivity index (χ1v) is 5.54. The van der Waals surface area contributed by atoms with Crippen LogP contribution in [0.1, 0.15) is 18.5 Å². The smallest absolute Gasteiger partial charge is 0.207 e. The molecule has 0 atom stereocenters. The Morgan fingerprint density at radius 1 is 1.44 bits per heavy atom. The second kappa shape index (κ2) is 3.37. The minimum Gasteiger partial charge on any atom is -0.353 e. The molecular formula is C11H15N5. The van der Waals surface area contributed by atoms with Crippen molar-refractivity contribution in [1.82, 2.24) is 19.3 Å². The number of hydrogen-bond donors (Lipinski definition) is 1. The average molecular weight is 217 g/mol. The zero-order valence-corrected chi connectivity index (χ0v) is 9.51. The Balaban J connectivity index is 1.98. The highest BCUT2D eigenvalue weighted by molar-refractivity contribution is 5.44. The van der Waals surface area contributed by atoms with Gasteiger partial charge in [-0.3, -0.25) is 9.25 Å². The molecule has 5 heteroatoms. The lowest BCUT2D eigenvalue weighted by Crippen LogP contribution is -2.07. The fourth-order valence-corrected chi connectivity index (χ4v) is 1.84. The third kappa shape index (κ3) is 1.58. The maximum absolute atomic E-state index is 4.34. The van der Waals surface area contributed by atoms with E-state index in [0.717, 1.165) is 17.3 Å². The first-order chi connectivity index (χ1) is 7.74. The van der Waals surface area contributed by atoms with Crippen molar-refractivity contribution < 1.29 is 0 Å². The van der Waals surface area contributed by atoms with Gasteiger partial charge in [-0.05, 0) is 19.8 Å². The van der Waals surface area contributed by atoms with Crippen LogP contribution in [0.15, 0.2) is 18.6 Å². The molecular weight excluding hydrogens is 202 g/mol. The second-order valence-electron chi connectivity index (χ2n) is 4.31. The Morgan fingerprint density at radius 2 is 2.25 bits per heavy atom. The van der Waals surface area contributed by atoms with Crippen molar-refractivity contribution in [2.24, 2.45) is 7.05 Å². The molecule has 1 saturated carbocycles. The van der Waals surface area contributed by atoms with Crippen LogP contribution in [0.2, 0.25) is 0 Å². The molecule has 0 unspecified atom stereocenters. The fraction of sp³-hybridized carbons (Fsp3) is 0.455. The normalized spacial score (nSPS) is 15.4. The van der Waals surface area contributed by atoms with Gasteiger partial charge in [0.2, 0.25) is 5.95 Å². The summed E-state index contributed by atoms with van der Waals surface area (Å²) in [5.74, 6) is 0.915. The van der Waals surface area contributed by atoms with Gasteiger partial charge in [0.15, 0.2) is 0 Å². The summed E-state index contributed by atoms with van der Waals surface area (Å²) in [6.07, 6.45) is 8.29. The van der Waals surface area contributed by atoms with Gasteiger partial charge in [0.1, 0.15) is 0 Å². The third-order valence-electron chi connectivity index (χ3n) is 2.80. The Bertz CT molecular complexity index is 506. The molecule has 3 rings (SSSR count). The molecule has 0 bridgehead atoms. The quantitative estimate of drug-likeness (QED) is 0.847. The standard InChI is InChI=1S/C11H15N5/c1-8-10(7-15(2)14-8)16-6-5-12-11(16)13-9-3-4-9/h5-7,9H,3-4H2,1-2H3,(H,12,13). The van der Waals surface area contributed by atoms with Gasteiger partial charge in [0.25, 0.3) is 0 Å². The first kappa shape index (κ1) is 9.45. The van der Waals surface area contributed by atoms with E-state index in [9.17, 15) is 0 Å². The fourth-order valence-electron chi connectivity index (χ4n) is 1.84. The molecule has 1 N–H and O–H groups in total. The summed E-state index contributed by atoms with van der Waals surface area (Å²) in [4.78, 5) is 4.34. The number of nitrogens with zero attached hydrogens (tertiary/aromatic N) is 4. The molecule has 1 fully saturated rings. The topological polar surface area (TPSA) is 47.7 Å². The summed E-state index contributed by atoms with van der Waals surface area (Å²) in [6, 6.07) is 0.609. The van der Waals surface area contributed by atoms with Gasteiger partial charge in [0, 0.05) is 31.7 Å². The van der Waals surface area contributed by atoms with Gasteiger partial charge in [-0.1, -0.05) is 0 Å².